The molecule has 3 unspecified atom stereocenters. The quantitative estimate of drug-likeness (QED) is 0.714. The van der Waals surface area contributed by atoms with Crippen molar-refractivity contribution >= 4 is 21.6 Å². The minimum atomic E-state index is 0.788. The molecule has 4 rings (SSSR count). The van der Waals surface area contributed by atoms with Crippen LogP contribution in [-0.4, -0.2) is 4.98 Å². The van der Waals surface area contributed by atoms with Gasteiger partial charge in [-0.05, 0) is 43.2 Å². The summed E-state index contributed by atoms with van der Waals surface area (Å²) in [7, 11) is 0. The van der Waals surface area contributed by atoms with E-state index in [4.69, 9.17) is 4.98 Å². The highest BCUT2D eigenvalue weighted by Gasteiger charge is 2.41. The lowest BCUT2D eigenvalue weighted by atomic mass is 9.89. The van der Waals surface area contributed by atoms with Crippen molar-refractivity contribution in [1.29, 1.82) is 0 Å². The lowest BCUT2D eigenvalue weighted by Gasteiger charge is -2.18. The molecule has 1 aromatic heterocycles. The normalized spacial score (nSPS) is 32.6. The maximum atomic E-state index is 4.83. The fraction of sp³-hybridized carbons (Fsp3) is 0.500. The van der Waals surface area contributed by atoms with E-state index in [2.05, 4.69) is 24.3 Å². The van der Waals surface area contributed by atoms with E-state index >= 15 is 0 Å². The highest BCUT2D eigenvalue weighted by atomic mass is 32.1. The second-order valence-electron chi connectivity index (χ2n) is 5.30. The molecule has 2 bridgehead atoms. The van der Waals surface area contributed by atoms with Crippen LogP contribution in [0.15, 0.2) is 24.3 Å². The summed E-state index contributed by atoms with van der Waals surface area (Å²) in [4.78, 5) is 4.83. The van der Waals surface area contributed by atoms with E-state index in [0.29, 0.717) is 0 Å². The summed E-state index contributed by atoms with van der Waals surface area (Å²) in [6.07, 6.45) is 5.81. The van der Waals surface area contributed by atoms with Crippen molar-refractivity contribution in [2.75, 3.05) is 0 Å². The Morgan fingerprint density at radius 2 is 2.06 bits per heavy atom. The maximum absolute atomic E-state index is 4.83. The molecule has 82 valence electrons. The molecule has 16 heavy (non-hydrogen) atoms. The molecule has 2 heteroatoms. The number of fused-ring (bicyclic) bond motifs is 3. The fourth-order valence-electron chi connectivity index (χ4n) is 3.60. The van der Waals surface area contributed by atoms with Gasteiger partial charge in [-0.2, -0.15) is 0 Å². The maximum Gasteiger partial charge on any atom is 0.0972 e. The van der Waals surface area contributed by atoms with Crippen LogP contribution in [0.3, 0.4) is 0 Å². The van der Waals surface area contributed by atoms with Crippen LogP contribution >= 0.6 is 11.3 Å². The largest absolute Gasteiger partial charge is 0.241 e. The number of thiazole rings is 1. The zero-order valence-electron chi connectivity index (χ0n) is 9.23. The molecule has 0 aliphatic heterocycles. The number of hydrogen-bond acceptors (Lipinski definition) is 2. The SMILES string of the molecule is c1ccc2sc(C3CC4CCC3C4)nc2c1. The van der Waals surface area contributed by atoms with Crippen molar-refractivity contribution in [3.63, 3.8) is 0 Å². The van der Waals surface area contributed by atoms with Crippen LogP contribution in [0.5, 0.6) is 0 Å². The first kappa shape index (κ1) is 9.17. The van der Waals surface area contributed by atoms with Gasteiger partial charge in [-0.1, -0.05) is 18.6 Å². The van der Waals surface area contributed by atoms with Gasteiger partial charge in [-0.15, -0.1) is 11.3 Å². The number of benzene rings is 1. The highest BCUT2D eigenvalue weighted by molar-refractivity contribution is 7.18. The number of rotatable bonds is 1. The van der Waals surface area contributed by atoms with Gasteiger partial charge in [0, 0.05) is 5.92 Å². The summed E-state index contributed by atoms with van der Waals surface area (Å²) in [5.41, 5.74) is 1.20. The van der Waals surface area contributed by atoms with E-state index in [9.17, 15) is 0 Å². The Balaban J connectivity index is 1.76. The van der Waals surface area contributed by atoms with E-state index in [1.54, 1.807) is 0 Å². The van der Waals surface area contributed by atoms with E-state index in [1.807, 2.05) is 11.3 Å². The van der Waals surface area contributed by atoms with Gasteiger partial charge in [0.05, 0.1) is 15.2 Å². The van der Waals surface area contributed by atoms with Gasteiger partial charge in [0.1, 0.15) is 0 Å². The molecule has 1 heterocycles. The Bertz CT molecular complexity index is 497. The average molecular weight is 229 g/mol. The molecular formula is C14H15NS. The van der Waals surface area contributed by atoms with Crippen molar-refractivity contribution < 1.29 is 0 Å². The zero-order chi connectivity index (χ0) is 10.5. The standard InChI is InChI=1S/C14H15NS/c1-2-4-13-12(3-1)15-14(16-13)11-8-9-5-6-10(11)7-9/h1-4,9-11H,5-8H2. The minimum Gasteiger partial charge on any atom is -0.241 e. The van der Waals surface area contributed by atoms with E-state index in [0.717, 1.165) is 17.8 Å². The first-order valence-corrected chi connectivity index (χ1v) is 7.07. The Morgan fingerprint density at radius 1 is 1.12 bits per heavy atom. The van der Waals surface area contributed by atoms with Crippen LogP contribution in [0.2, 0.25) is 0 Å². The zero-order valence-corrected chi connectivity index (χ0v) is 10.0. The predicted molar refractivity (Wildman–Crippen MR) is 67.8 cm³/mol. The third-order valence-electron chi connectivity index (χ3n) is 4.37. The number of para-hydroxylation sites is 1. The summed E-state index contributed by atoms with van der Waals surface area (Å²) in [5, 5.41) is 1.41. The Labute approximate surface area is 99.5 Å². The first-order valence-electron chi connectivity index (χ1n) is 6.25. The predicted octanol–water partition coefficient (Wildman–Crippen LogP) is 4.20. The van der Waals surface area contributed by atoms with Gasteiger partial charge in [-0.25, -0.2) is 4.98 Å². The average Bonchev–Trinajstić information content (AvgIpc) is 3.02. The van der Waals surface area contributed by atoms with Crippen LogP contribution in [0, 0.1) is 11.8 Å². The molecule has 0 N–H and O–H groups in total. The van der Waals surface area contributed by atoms with E-state index < -0.39 is 0 Å². The molecule has 1 nitrogen and oxygen atoms in total. The molecular weight excluding hydrogens is 214 g/mol. The van der Waals surface area contributed by atoms with Gasteiger partial charge in [0.15, 0.2) is 0 Å². The second kappa shape index (κ2) is 3.30. The number of aromatic nitrogens is 1. The smallest absolute Gasteiger partial charge is 0.0972 e. The van der Waals surface area contributed by atoms with E-state index in [-0.39, 0.29) is 0 Å². The topological polar surface area (TPSA) is 12.9 Å². The lowest BCUT2D eigenvalue weighted by molar-refractivity contribution is 0.419. The van der Waals surface area contributed by atoms with Gasteiger partial charge in [0.25, 0.3) is 0 Å². The summed E-state index contributed by atoms with van der Waals surface area (Å²) in [6.45, 7) is 0. The first-order chi connectivity index (χ1) is 7.90. The molecule has 2 saturated carbocycles. The summed E-state index contributed by atoms with van der Waals surface area (Å²) in [6, 6.07) is 8.55. The van der Waals surface area contributed by atoms with Gasteiger partial charge in [0.2, 0.25) is 0 Å². The summed E-state index contributed by atoms with van der Waals surface area (Å²) < 4.78 is 1.36. The van der Waals surface area contributed by atoms with Crippen molar-refractivity contribution in [2.45, 2.75) is 31.6 Å². The van der Waals surface area contributed by atoms with Crippen molar-refractivity contribution in [2.24, 2.45) is 11.8 Å². The molecule has 0 radical (unpaired) electrons. The minimum absolute atomic E-state index is 0.788. The summed E-state index contributed by atoms with van der Waals surface area (Å²) >= 11 is 1.92. The number of nitrogens with zero attached hydrogens (tertiary/aromatic N) is 1. The Hall–Kier alpha value is -0.890. The third-order valence-corrected chi connectivity index (χ3v) is 5.53. The highest BCUT2D eigenvalue weighted by Crippen LogP contribution is 2.53. The molecule has 3 atom stereocenters. The van der Waals surface area contributed by atoms with Gasteiger partial charge >= 0.3 is 0 Å². The molecule has 2 aliphatic rings. The fourth-order valence-corrected chi connectivity index (χ4v) is 4.77. The van der Waals surface area contributed by atoms with Gasteiger partial charge < -0.3 is 0 Å². The molecule has 1 aromatic carbocycles. The monoisotopic (exact) mass is 229 g/mol. The molecule has 2 aliphatic carbocycles. The van der Waals surface area contributed by atoms with Crippen molar-refractivity contribution in [3.05, 3.63) is 29.3 Å². The van der Waals surface area contributed by atoms with Crippen LogP contribution in [0.4, 0.5) is 0 Å². The lowest BCUT2D eigenvalue weighted by Crippen LogP contribution is -2.07. The van der Waals surface area contributed by atoms with Crippen LogP contribution in [0.1, 0.15) is 36.6 Å². The van der Waals surface area contributed by atoms with E-state index in [1.165, 1.54) is 40.9 Å². The summed E-state index contributed by atoms with van der Waals surface area (Å²) in [5.74, 6) is 2.75. The Morgan fingerprint density at radius 3 is 2.81 bits per heavy atom. The number of hydrogen-bond donors (Lipinski definition) is 0. The van der Waals surface area contributed by atoms with Crippen molar-refractivity contribution in [3.8, 4) is 0 Å². The van der Waals surface area contributed by atoms with Crippen LogP contribution in [0.25, 0.3) is 10.2 Å². The molecule has 0 amide bonds. The van der Waals surface area contributed by atoms with Crippen molar-refractivity contribution in [1.82, 2.24) is 4.98 Å². The van der Waals surface area contributed by atoms with Crippen LogP contribution in [-0.2, 0) is 0 Å². The molecule has 0 saturated heterocycles. The Kier molecular flexibility index (Phi) is 1.89. The molecule has 2 aromatic rings. The van der Waals surface area contributed by atoms with Gasteiger partial charge in [-0.3, -0.25) is 0 Å². The second-order valence-corrected chi connectivity index (χ2v) is 6.36. The molecule has 2 fully saturated rings. The van der Waals surface area contributed by atoms with Crippen LogP contribution < -0.4 is 0 Å². The molecule has 0 spiro atoms. The third kappa shape index (κ3) is 1.26.